The minimum atomic E-state index is -0.199. The summed E-state index contributed by atoms with van der Waals surface area (Å²) in [6.45, 7) is 3.67. The summed E-state index contributed by atoms with van der Waals surface area (Å²) >= 11 is 4.81. The minimum absolute atomic E-state index is 0.0447. The van der Waals surface area contributed by atoms with Gasteiger partial charge in [0.25, 0.3) is 5.91 Å². The molecule has 0 N–H and O–H groups in total. The van der Waals surface area contributed by atoms with Gasteiger partial charge in [-0.25, -0.2) is 0 Å². The van der Waals surface area contributed by atoms with Crippen molar-refractivity contribution in [3.63, 3.8) is 0 Å². The molecule has 0 aromatic heterocycles. The predicted molar refractivity (Wildman–Crippen MR) is 103 cm³/mol. The van der Waals surface area contributed by atoms with Crippen LogP contribution in [0.25, 0.3) is 6.08 Å². The number of amides is 1. The number of likely N-dealkylation sites (tertiary alicyclic amines) is 1. The van der Waals surface area contributed by atoms with Crippen molar-refractivity contribution in [2.75, 3.05) is 19.7 Å². The molecule has 132 valence electrons. The SMILES string of the molecule is CCOC(=O)C1CCN(C2=NC(=O)/C(=C/c3ccc(Br)cc3)S2)CC1. The summed E-state index contributed by atoms with van der Waals surface area (Å²) in [7, 11) is 0. The fourth-order valence-electron chi connectivity index (χ4n) is 2.81. The Labute approximate surface area is 159 Å². The van der Waals surface area contributed by atoms with Crippen molar-refractivity contribution in [3.05, 3.63) is 39.2 Å². The van der Waals surface area contributed by atoms with E-state index in [1.165, 1.54) is 11.8 Å². The molecule has 2 aliphatic heterocycles. The Morgan fingerprint density at radius 2 is 2.04 bits per heavy atom. The Bertz CT molecular complexity index is 722. The zero-order chi connectivity index (χ0) is 17.8. The predicted octanol–water partition coefficient (Wildman–Crippen LogP) is 3.69. The number of hydrogen-bond acceptors (Lipinski definition) is 5. The molecule has 0 unspecified atom stereocenters. The third-order valence-corrected chi connectivity index (χ3v) is 5.74. The lowest BCUT2D eigenvalue weighted by Gasteiger charge is -2.31. The molecule has 0 radical (unpaired) electrons. The second-order valence-corrected chi connectivity index (χ2v) is 7.80. The number of halogens is 1. The second-order valence-electron chi connectivity index (χ2n) is 5.88. The molecule has 0 aliphatic carbocycles. The van der Waals surface area contributed by atoms with Crippen molar-refractivity contribution in [2.45, 2.75) is 19.8 Å². The summed E-state index contributed by atoms with van der Waals surface area (Å²) in [4.78, 5) is 30.9. The number of esters is 1. The van der Waals surface area contributed by atoms with Crippen LogP contribution in [-0.4, -0.2) is 41.6 Å². The van der Waals surface area contributed by atoms with E-state index in [2.05, 4.69) is 25.8 Å². The van der Waals surface area contributed by atoms with E-state index in [0.29, 0.717) is 24.6 Å². The van der Waals surface area contributed by atoms with Crippen molar-refractivity contribution in [3.8, 4) is 0 Å². The molecule has 1 fully saturated rings. The van der Waals surface area contributed by atoms with Gasteiger partial charge < -0.3 is 9.64 Å². The summed E-state index contributed by atoms with van der Waals surface area (Å²) in [5, 5.41) is 0.732. The first-order chi connectivity index (χ1) is 12.1. The number of aliphatic imine (C=N–C) groups is 1. The van der Waals surface area contributed by atoms with Gasteiger partial charge in [-0.05, 0) is 55.3 Å². The Kier molecular flexibility index (Phi) is 5.96. The quantitative estimate of drug-likeness (QED) is 0.548. The molecule has 0 atom stereocenters. The van der Waals surface area contributed by atoms with Crippen LogP contribution < -0.4 is 0 Å². The maximum absolute atomic E-state index is 12.2. The standard InChI is InChI=1S/C18H19BrN2O3S/c1-2-24-17(23)13-7-9-21(10-8-13)18-20-16(22)15(25-18)11-12-3-5-14(19)6-4-12/h3-6,11,13H,2,7-10H2,1H3/b15-11-. The molecule has 1 aromatic carbocycles. The van der Waals surface area contributed by atoms with Gasteiger partial charge in [-0.15, -0.1) is 0 Å². The van der Waals surface area contributed by atoms with Crippen LogP contribution in [0.15, 0.2) is 38.6 Å². The molecule has 2 heterocycles. The van der Waals surface area contributed by atoms with Crippen LogP contribution in [0.3, 0.4) is 0 Å². The van der Waals surface area contributed by atoms with E-state index in [4.69, 9.17) is 4.74 Å². The Hall–Kier alpha value is -1.60. The highest BCUT2D eigenvalue weighted by atomic mass is 79.9. The topological polar surface area (TPSA) is 59.0 Å². The Morgan fingerprint density at radius 3 is 2.68 bits per heavy atom. The number of amidine groups is 1. The van der Waals surface area contributed by atoms with E-state index in [1.54, 1.807) is 0 Å². The summed E-state index contributed by atoms with van der Waals surface area (Å²) in [5.41, 5.74) is 0.969. The van der Waals surface area contributed by atoms with Gasteiger partial charge in [0.15, 0.2) is 5.17 Å². The molecule has 5 nitrogen and oxygen atoms in total. The molecule has 1 aromatic rings. The van der Waals surface area contributed by atoms with Gasteiger partial charge in [0.1, 0.15) is 0 Å². The van der Waals surface area contributed by atoms with E-state index >= 15 is 0 Å². The highest BCUT2D eigenvalue weighted by Gasteiger charge is 2.31. The van der Waals surface area contributed by atoms with Crippen molar-refractivity contribution in [2.24, 2.45) is 10.9 Å². The molecular weight excluding hydrogens is 404 g/mol. The van der Waals surface area contributed by atoms with Crippen LogP contribution >= 0.6 is 27.7 Å². The molecule has 2 aliphatic rings. The third kappa shape index (κ3) is 4.52. The number of hydrogen-bond donors (Lipinski definition) is 0. The first kappa shape index (κ1) is 18.2. The maximum Gasteiger partial charge on any atom is 0.309 e. The van der Waals surface area contributed by atoms with Crippen molar-refractivity contribution in [1.29, 1.82) is 0 Å². The molecule has 0 spiro atoms. The highest BCUT2D eigenvalue weighted by molar-refractivity contribution is 9.10. The lowest BCUT2D eigenvalue weighted by molar-refractivity contribution is -0.149. The van der Waals surface area contributed by atoms with Gasteiger partial charge in [0, 0.05) is 17.6 Å². The highest BCUT2D eigenvalue weighted by Crippen LogP contribution is 2.32. The maximum atomic E-state index is 12.2. The first-order valence-electron chi connectivity index (χ1n) is 8.26. The van der Waals surface area contributed by atoms with Crippen LogP contribution in [0, 0.1) is 5.92 Å². The van der Waals surface area contributed by atoms with E-state index in [1.807, 2.05) is 37.3 Å². The lowest BCUT2D eigenvalue weighted by Crippen LogP contribution is -2.39. The van der Waals surface area contributed by atoms with E-state index in [9.17, 15) is 9.59 Å². The van der Waals surface area contributed by atoms with Gasteiger partial charge in [-0.3, -0.25) is 9.59 Å². The van der Waals surface area contributed by atoms with Gasteiger partial charge in [-0.1, -0.05) is 28.1 Å². The van der Waals surface area contributed by atoms with Crippen LogP contribution in [-0.2, 0) is 14.3 Å². The van der Waals surface area contributed by atoms with Crippen LogP contribution in [0.2, 0.25) is 0 Å². The first-order valence-corrected chi connectivity index (χ1v) is 9.87. The Morgan fingerprint density at radius 1 is 1.36 bits per heavy atom. The fourth-order valence-corrected chi connectivity index (χ4v) is 4.04. The molecule has 0 saturated carbocycles. The molecule has 7 heteroatoms. The average Bonchev–Trinajstić information content (AvgIpc) is 2.98. The van der Waals surface area contributed by atoms with Gasteiger partial charge >= 0.3 is 5.97 Å². The monoisotopic (exact) mass is 422 g/mol. The summed E-state index contributed by atoms with van der Waals surface area (Å²) < 4.78 is 6.09. The molecule has 1 saturated heterocycles. The molecule has 3 rings (SSSR count). The molecule has 25 heavy (non-hydrogen) atoms. The van der Waals surface area contributed by atoms with Gasteiger partial charge in [0.05, 0.1) is 17.4 Å². The van der Waals surface area contributed by atoms with Crippen molar-refractivity contribution in [1.82, 2.24) is 4.90 Å². The number of benzene rings is 1. The number of rotatable bonds is 3. The lowest BCUT2D eigenvalue weighted by atomic mass is 9.97. The molecule has 0 bridgehead atoms. The number of carbonyl (C=O) groups excluding carboxylic acids is 2. The summed E-state index contributed by atoms with van der Waals surface area (Å²) in [6, 6.07) is 7.79. The third-order valence-electron chi connectivity index (χ3n) is 4.16. The summed E-state index contributed by atoms with van der Waals surface area (Å²) in [6.07, 6.45) is 3.33. The van der Waals surface area contributed by atoms with Crippen molar-refractivity contribution >= 4 is 50.8 Å². The normalized spacial score (nSPS) is 20.1. The minimum Gasteiger partial charge on any atom is -0.466 e. The number of nitrogens with zero attached hydrogens (tertiary/aromatic N) is 2. The van der Waals surface area contributed by atoms with E-state index < -0.39 is 0 Å². The van der Waals surface area contributed by atoms with Crippen LogP contribution in [0.1, 0.15) is 25.3 Å². The zero-order valence-electron chi connectivity index (χ0n) is 13.9. The number of carbonyl (C=O) groups is 2. The average molecular weight is 423 g/mol. The van der Waals surface area contributed by atoms with Crippen LogP contribution in [0.4, 0.5) is 0 Å². The fraction of sp³-hybridized carbons (Fsp3) is 0.389. The molecular formula is C18H19BrN2O3S. The summed E-state index contributed by atoms with van der Waals surface area (Å²) in [5.74, 6) is -0.359. The number of thioether (sulfide) groups is 1. The largest absolute Gasteiger partial charge is 0.466 e. The smallest absolute Gasteiger partial charge is 0.309 e. The zero-order valence-corrected chi connectivity index (χ0v) is 16.3. The van der Waals surface area contributed by atoms with Crippen LogP contribution in [0.5, 0.6) is 0 Å². The van der Waals surface area contributed by atoms with Gasteiger partial charge in [0.2, 0.25) is 0 Å². The Balaban J connectivity index is 1.60. The van der Waals surface area contributed by atoms with Gasteiger partial charge in [-0.2, -0.15) is 4.99 Å². The van der Waals surface area contributed by atoms with E-state index in [-0.39, 0.29) is 17.8 Å². The molecule has 1 amide bonds. The number of piperidine rings is 1. The van der Waals surface area contributed by atoms with Crippen molar-refractivity contribution < 1.29 is 14.3 Å². The number of ether oxygens (including phenoxy) is 1. The second kappa shape index (κ2) is 8.19. The van der Waals surface area contributed by atoms with E-state index in [0.717, 1.165) is 28.0 Å².